The number of hydrogen-bond donors (Lipinski definition) is 1. The molecule has 0 radical (unpaired) electrons. The summed E-state index contributed by atoms with van der Waals surface area (Å²) in [6.07, 6.45) is 0.560. The first-order chi connectivity index (χ1) is 14.6. The molecule has 0 spiro atoms. The maximum Gasteiger partial charge on any atom is 0.323 e. The molecule has 4 heteroatoms. The fraction of sp³-hybridized carbons (Fsp3) is 0.269. The molecule has 0 amide bonds. The molecule has 0 saturated heterocycles. The topological polar surface area (TPSA) is 47.6 Å². The van der Waals surface area contributed by atoms with Gasteiger partial charge in [0.1, 0.15) is 25.0 Å². The van der Waals surface area contributed by atoms with Gasteiger partial charge in [0.15, 0.2) is 0 Å². The number of esters is 1. The molecule has 3 aromatic rings. The minimum absolute atomic E-state index is 0.174. The molecule has 3 aromatic carbocycles. The van der Waals surface area contributed by atoms with E-state index >= 15 is 0 Å². The minimum atomic E-state index is -0.398. The largest absolute Gasteiger partial charge is 0.489 e. The van der Waals surface area contributed by atoms with Crippen LogP contribution in [-0.4, -0.2) is 18.1 Å². The zero-order valence-electron chi connectivity index (χ0n) is 17.6. The number of benzene rings is 3. The van der Waals surface area contributed by atoms with Gasteiger partial charge in [-0.3, -0.25) is 4.79 Å². The lowest BCUT2D eigenvalue weighted by molar-refractivity contribution is -0.147. The second-order valence-corrected chi connectivity index (χ2v) is 7.59. The van der Waals surface area contributed by atoms with Crippen molar-refractivity contribution in [1.82, 2.24) is 5.32 Å². The van der Waals surface area contributed by atoms with Gasteiger partial charge < -0.3 is 14.8 Å². The highest BCUT2D eigenvalue weighted by atomic mass is 16.5. The van der Waals surface area contributed by atoms with Crippen molar-refractivity contribution in [2.24, 2.45) is 0 Å². The van der Waals surface area contributed by atoms with Gasteiger partial charge >= 0.3 is 5.97 Å². The zero-order valence-corrected chi connectivity index (χ0v) is 17.6. The van der Waals surface area contributed by atoms with Crippen molar-refractivity contribution in [2.45, 2.75) is 45.6 Å². The van der Waals surface area contributed by atoms with Crippen LogP contribution in [0.5, 0.6) is 5.75 Å². The third-order valence-electron chi connectivity index (χ3n) is 4.65. The number of rotatable bonds is 10. The summed E-state index contributed by atoms with van der Waals surface area (Å²) in [6, 6.07) is 27.5. The van der Waals surface area contributed by atoms with Crippen LogP contribution in [0.25, 0.3) is 0 Å². The van der Waals surface area contributed by atoms with Crippen molar-refractivity contribution in [3.05, 3.63) is 102 Å². The van der Waals surface area contributed by atoms with E-state index in [4.69, 9.17) is 9.47 Å². The van der Waals surface area contributed by atoms with E-state index < -0.39 is 6.04 Å². The van der Waals surface area contributed by atoms with Crippen molar-refractivity contribution in [2.75, 3.05) is 0 Å². The summed E-state index contributed by atoms with van der Waals surface area (Å²) in [7, 11) is 0. The Morgan fingerprint density at radius 1 is 0.767 bits per heavy atom. The van der Waals surface area contributed by atoms with Gasteiger partial charge in [-0.15, -0.1) is 0 Å². The van der Waals surface area contributed by atoms with Crippen LogP contribution >= 0.6 is 0 Å². The summed E-state index contributed by atoms with van der Waals surface area (Å²) < 4.78 is 11.4. The molecule has 0 aromatic heterocycles. The Labute approximate surface area is 178 Å². The highest BCUT2D eigenvalue weighted by molar-refractivity contribution is 5.76. The zero-order chi connectivity index (χ0) is 21.2. The van der Waals surface area contributed by atoms with E-state index in [-0.39, 0.29) is 18.6 Å². The van der Waals surface area contributed by atoms with Gasteiger partial charge in [0.2, 0.25) is 0 Å². The number of nitrogens with one attached hydrogen (secondary N) is 1. The predicted octanol–water partition coefficient (Wildman–Crippen LogP) is 4.92. The van der Waals surface area contributed by atoms with Crippen LogP contribution in [0.1, 0.15) is 30.5 Å². The third kappa shape index (κ3) is 7.05. The van der Waals surface area contributed by atoms with Gasteiger partial charge in [-0.25, -0.2) is 0 Å². The molecule has 0 aliphatic carbocycles. The van der Waals surface area contributed by atoms with Gasteiger partial charge in [-0.1, -0.05) is 86.6 Å². The molecule has 0 heterocycles. The van der Waals surface area contributed by atoms with Crippen molar-refractivity contribution in [1.29, 1.82) is 0 Å². The quantitative estimate of drug-likeness (QED) is 0.488. The molecule has 30 heavy (non-hydrogen) atoms. The van der Waals surface area contributed by atoms with Gasteiger partial charge in [0, 0.05) is 6.04 Å². The van der Waals surface area contributed by atoms with Gasteiger partial charge in [-0.2, -0.15) is 0 Å². The van der Waals surface area contributed by atoms with Crippen LogP contribution in [0.15, 0.2) is 84.9 Å². The lowest BCUT2D eigenvalue weighted by Gasteiger charge is -2.20. The molecule has 1 unspecified atom stereocenters. The molecule has 0 aliphatic rings. The Balaban J connectivity index is 1.56. The maximum atomic E-state index is 12.7. The first kappa shape index (κ1) is 21.6. The molecule has 1 N–H and O–H groups in total. The number of carbonyl (C=O) groups is 1. The molecule has 1 atom stereocenters. The molecule has 0 aliphatic heterocycles. The van der Waals surface area contributed by atoms with E-state index in [9.17, 15) is 4.79 Å². The number of carbonyl (C=O) groups excluding carboxylic acids is 1. The molecule has 0 bridgehead atoms. The van der Waals surface area contributed by atoms with E-state index in [1.54, 1.807) is 0 Å². The summed E-state index contributed by atoms with van der Waals surface area (Å²) in [6.45, 7) is 4.86. The summed E-state index contributed by atoms with van der Waals surface area (Å²) in [4.78, 5) is 12.7. The van der Waals surface area contributed by atoms with Crippen molar-refractivity contribution < 1.29 is 14.3 Å². The van der Waals surface area contributed by atoms with Crippen LogP contribution in [-0.2, 0) is 29.2 Å². The molecular formula is C26H29NO3. The van der Waals surface area contributed by atoms with Gasteiger partial charge in [0.05, 0.1) is 0 Å². The second kappa shape index (κ2) is 11.2. The van der Waals surface area contributed by atoms with Gasteiger partial charge in [-0.05, 0) is 35.2 Å². The number of ether oxygens (including phenoxy) is 2. The summed E-state index contributed by atoms with van der Waals surface area (Å²) in [5.74, 6) is 0.569. The monoisotopic (exact) mass is 403 g/mol. The average molecular weight is 404 g/mol. The van der Waals surface area contributed by atoms with E-state index in [1.165, 1.54) is 0 Å². The first-order valence-corrected chi connectivity index (χ1v) is 10.3. The molecular weight excluding hydrogens is 374 g/mol. The van der Waals surface area contributed by atoms with E-state index in [0.29, 0.717) is 13.0 Å². The SMILES string of the molecule is CC(C)NC(Cc1ccc(OCc2ccccc2)cc1)C(=O)OCc1ccccc1. The molecule has 4 nitrogen and oxygen atoms in total. The second-order valence-electron chi connectivity index (χ2n) is 7.59. The molecule has 3 rings (SSSR count). The van der Waals surface area contributed by atoms with Crippen LogP contribution in [0.3, 0.4) is 0 Å². The fourth-order valence-electron chi connectivity index (χ4n) is 3.14. The van der Waals surface area contributed by atoms with Crippen LogP contribution in [0.2, 0.25) is 0 Å². The fourth-order valence-corrected chi connectivity index (χ4v) is 3.14. The van der Waals surface area contributed by atoms with E-state index in [1.807, 2.05) is 98.8 Å². The van der Waals surface area contributed by atoms with Gasteiger partial charge in [0.25, 0.3) is 0 Å². The van der Waals surface area contributed by atoms with Crippen LogP contribution < -0.4 is 10.1 Å². The molecule has 0 fully saturated rings. The normalized spacial score (nSPS) is 11.8. The van der Waals surface area contributed by atoms with Crippen LogP contribution in [0, 0.1) is 0 Å². The Kier molecular flexibility index (Phi) is 8.04. The predicted molar refractivity (Wildman–Crippen MR) is 119 cm³/mol. The Morgan fingerprint density at radius 3 is 1.90 bits per heavy atom. The third-order valence-corrected chi connectivity index (χ3v) is 4.65. The highest BCUT2D eigenvalue weighted by Crippen LogP contribution is 2.16. The van der Waals surface area contributed by atoms with Crippen molar-refractivity contribution >= 4 is 5.97 Å². The van der Waals surface area contributed by atoms with E-state index in [0.717, 1.165) is 22.4 Å². The van der Waals surface area contributed by atoms with Crippen molar-refractivity contribution in [3.8, 4) is 5.75 Å². The number of hydrogen-bond acceptors (Lipinski definition) is 4. The Bertz CT molecular complexity index is 893. The summed E-state index contributed by atoms with van der Waals surface area (Å²) >= 11 is 0. The first-order valence-electron chi connectivity index (χ1n) is 10.3. The maximum absolute atomic E-state index is 12.7. The highest BCUT2D eigenvalue weighted by Gasteiger charge is 2.21. The molecule has 156 valence electrons. The Morgan fingerprint density at radius 2 is 1.33 bits per heavy atom. The van der Waals surface area contributed by atoms with Crippen LogP contribution in [0.4, 0.5) is 0 Å². The lowest BCUT2D eigenvalue weighted by Crippen LogP contribution is -2.43. The smallest absolute Gasteiger partial charge is 0.323 e. The molecule has 0 saturated carbocycles. The Hall–Kier alpha value is -3.11. The lowest BCUT2D eigenvalue weighted by atomic mass is 10.0. The average Bonchev–Trinajstić information content (AvgIpc) is 2.77. The summed E-state index contributed by atoms with van der Waals surface area (Å²) in [5, 5.41) is 3.32. The summed E-state index contributed by atoms with van der Waals surface area (Å²) in [5.41, 5.74) is 3.16. The van der Waals surface area contributed by atoms with E-state index in [2.05, 4.69) is 5.32 Å². The van der Waals surface area contributed by atoms with Crippen molar-refractivity contribution in [3.63, 3.8) is 0 Å². The standard InChI is InChI=1S/C26H29NO3/c1-20(2)27-25(26(28)30-19-23-11-7-4-8-12-23)17-21-13-15-24(16-14-21)29-18-22-9-5-3-6-10-22/h3-16,20,25,27H,17-19H2,1-2H3. The minimum Gasteiger partial charge on any atom is -0.489 e.